The molecular weight excluding hydrogens is 222 g/mol. The molecule has 0 fully saturated rings. The Morgan fingerprint density at radius 3 is 2.80 bits per heavy atom. The van der Waals surface area contributed by atoms with Crippen LogP contribution >= 0.6 is 11.6 Å². The van der Waals surface area contributed by atoms with Crippen LogP contribution in [-0.2, 0) is 4.79 Å². The second kappa shape index (κ2) is 4.56. The fourth-order valence-corrected chi connectivity index (χ4v) is 1.03. The lowest BCUT2D eigenvalue weighted by Crippen LogP contribution is -2.05. The van der Waals surface area contributed by atoms with E-state index >= 15 is 0 Å². The zero-order valence-electron chi connectivity index (χ0n) is 7.47. The molecule has 0 amide bonds. The van der Waals surface area contributed by atoms with Gasteiger partial charge < -0.3 is 4.74 Å². The first-order valence-electron chi connectivity index (χ1n) is 3.83. The minimum atomic E-state index is -0.777. The van der Waals surface area contributed by atoms with Gasteiger partial charge in [0.1, 0.15) is 0 Å². The number of hydrogen-bond donors (Lipinski definition) is 0. The lowest BCUT2D eigenvalue weighted by Gasteiger charge is -2.02. The Kier molecular flexibility index (Phi) is 3.41. The van der Waals surface area contributed by atoms with E-state index in [1.165, 1.54) is 12.1 Å². The summed E-state index contributed by atoms with van der Waals surface area (Å²) >= 11 is 5.61. The highest BCUT2D eigenvalue weighted by Crippen LogP contribution is 2.29. The second-order valence-electron chi connectivity index (χ2n) is 2.49. The van der Waals surface area contributed by atoms with Crippen molar-refractivity contribution in [2.45, 2.75) is 0 Å². The summed E-state index contributed by atoms with van der Waals surface area (Å²) in [6, 6.07) is 3.69. The lowest BCUT2D eigenvalue weighted by molar-refractivity contribution is -0.385. The smallest absolute Gasteiger partial charge is 0.335 e. The maximum absolute atomic E-state index is 10.9. The second-order valence-corrected chi connectivity index (χ2v) is 2.93. The van der Waals surface area contributed by atoms with Crippen LogP contribution in [0.1, 0.15) is 0 Å². The largest absolute Gasteiger partial charge is 0.416 e. The third kappa shape index (κ3) is 2.78. The van der Waals surface area contributed by atoms with Crippen LogP contribution in [0.25, 0.3) is 0 Å². The third-order valence-electron chi connectivity index (χ3n) is 1.50. The number of nitrogens with zero attached hydrogens (tertiary/aromatic N) is 1. The number of benzene rings is 1. The minimum absolute atomic E-state index is 0.197. The van der Waals surface area contributed by atoms with Gasteiger partial charge in [0.2, 0.25) is 5.75 Å². The van der Waals surface area contributed by atoms with Crippen molar-refractivity contribution < 1.29 is 14.5 Å². The van der Waals surface area contributed by atoms with Gasteiger partial charge in [0.15, 0.2) is 0 Å². The van der Waals surface area contributed by atoms with E-state index in [4.69, 9.17) is 11.6 Å². The highest BCUT2D eigenvalue weighted by atomic mass is 35.5. The van der Waals surface area contributed by atoms with Gasteiger partial charge in [0.05, 0.1) is 4.92 Å². The molecule has 78 valence electrons. The molecule has 0 N–H and O–H groups in total. The molecule has 1 rings (SSSR count). The van der Waals surface area contributed by atoms with E-state index in [0.29, 0.717) is 0 Å². The van der Waals surface area contributed by atoms with Gasteiger partial charge in [0, 0.05) is 23.2 Å². The summed E-state index contributed by atoms with van der Waals surface area (Å²) in [4.78, 5) is 20.7. The molecule has 1 aromatic carbocycles. The van der Waals surface area contributed by atoms with Gasteiger partial charge in [-0.15, -0.1) is 0 Å². The summed E-state index contributed by atoms with van der Waals surface area (Å²) in [5.74, 6) is -0.974. The molecule has 0 aliphatic rings. The topological polar surface area (TPSA) is 69.4 Å². The maximum Gasteiger partial charge on any atom is 0.335 e. The number of carbonyl (C=O) groups is 1. The van der Waals surface area contributed by atoms with E-state index in [9.17, 15) is 14.9 Å². The fraction of sp³-hybridized carbons (Fsp3) is 0. The van der Waals surface area contributed by atoms with E-state index in [2.05, 4.69) is 11.3 Å². The van der Waals surface area contributed by atoms with E-state index < -0.39 is 10.9 Å². The van der Waals surface area contributed by atoms with Crippen LogP contribution in [0.2, 0.25) is 5.02 Å². The lowest BCUT2D eigenvalue weighted by atomic mass is 10.3. The van der Waals surface area contributed by atoms with Crippen molar-refractivity contribution in [2.24, 2.45) is 0 Å². The number of ether oxygens (including phenoxy) is 1. The summed E-state index contributed by atoms with van der Waals surface area (Å²) < 4.78 is 4.65. The number of nitro benzene ring substituents is 1. The monoisotopic (exact) mass is 227 g/mol. The van der Waals surface area contributed by atoms with Crippen molar-refractivity contribution in [1.82, 2.24) is 0 Å². The number of rotatable bonds is 3. The van der Waals surface area contributed by atoms with Crippen molar-refractivity contribution in [3.8, 4) is 5.75 Å². The Morgan fingerprint density at radius 1 is 1.60 bits per heavy atom. The van der Waals surface area contributed by atoms with Crippen LogP contribution in [-0.4, -0.2) is 10.9 Å². The molecule has 1 aromatic rings. The van der Waals surface area contributed by atoms with Crippen LogP contribution in [0.5, 0.6) is 5.75 Å². The Bertz CT molecular complexity index is 430. The van der Waals surface area contributed by atoms with Gasteiger partial charge in [-0.05, 0) is 6.07 Å². The zero-order chi connectivity index (χ0) is 11.4. The summed E-state index contributed by atoms with van der Waals surface area (Å²) in [5, 5.41) is 10.8. The minimum Gasteiger partial charge on any atom is -0.416 e. The number of carbonyl (C=O) groups excluding carboxylic acids is 1. The van der Waals surface area contributed by atoms with Crippen LogP contribution in [0.4, 0.5) is 5.69 Å². The molecule has 15 heavy (non-hydrogen) atoms. The molecular formula is C9H6ClNO4. The number of hydrogen-bond acceptors (Lipinski definition) is 4. The van der Waals surface area contributed by atoms with Crippen molar-refractivity contribution in [1.29, 1.82) is 0 Å². The predicted molar refractivity (Wildman–Crippen MR) is 53.9 cm³/mol. The molecule has 0 bridgehead atoms. The zero-order valence-corrected chi connectivity index (χ0v) is 8.23. The third-order valence-corrected chi connectivity index (χ3v) is 1.73. The molecule has 6 heteroatoms. The Balaban J connectivity index is 3.12. The van der Waals surface area contributed by atoms with Gasteiger partial charge >= 0.3 is 11.7 Å². The van der Waals surface area contributed by atoms with E-state index in [1.807, 2.05) is 0 Å². The molecule has 0 saturated carbocycles. The van der Waals surface area contributed by atoms with Gasteiger partial charge in [-0.3, -0.25) is 10.1 Å². The molecule has 5 nitrogen and oxygen atoms in total. The molecule has 0 heterocycles. The number of esters is 1. The summed E-state index contributed by atoms with van der Waals surface area (Å²) in [5.41, 5.74) is -0.324. The maximum atomic E-state index is 10.9. The summed E-state index contributed by atoms with van der Waals surface area (Å²) in [7, 11) is 0. The Morgan fingerprint density at radius 2 is 2.27 bits per heavy atom. The van der Waals surface area contributed by atoms with Crippen molar-refractivity contribution in [2.75, 3.05) is 0 Å². The number of halogens is 1. The summed E-state index contributed by atoms with van der Waals surface area (Å²) in [6.45, 7) is 3.18. The normalized spacial score (nSPS) is 9.40. The molecule has 0 spiro atoms. The average molecular weight is 228 g/mol. The Hall–Kier alpha value is -1.88. The number of nitro groups is 1. The molecule has 0 aromatic heterocycles. The Labute approximate surface area is 90.1 Å². The van der Waals surface area contributed by atoms with Gasteiger partial charge in [-0.2, -0.15) is 0 Å². The van der Waals surface area contributed by atoms with E-state index in [-0.39, 0.29) is 16.5 Å². The molecule has 0 aliphatic carbocycles. The predicted octanol–water partition coefficient (Wildman–Crippen LogP) is 2.34. The molecule has 0 unspecified atom stereocenters. The first-order chi connectivity index (χ1) is 7.04. The SMILES string of the molecule is C=CC(=O)Oc1cc(Cl)ccc1[N+](=O)[O-]. The van der Waals surface area contributed by atoms with E-state index in [1.54, 1.807) is 0 Å². The van der Waals surface area contributed by atoms with Crippen molar-refractivity contribution >= 4 is 23.3 Å². The van der Waals surface area contributed by atoms with Gasteiger partial charge in [-0.1, -0.05) is 18.2 Å². The van der Waals surface area contributed by atoms with Crippen LogP contribution in [0.15, 0.2) is 30.9 Å². The van der Waals surface area contributed by atoms with Crippen molar-refractivity contribution in [3.63, 3.8) is 0 Å². The molecule has 0 atom stereocenters. The molecule has 0 radical (unpaired) electrons. The van der Waals surface area contributed by atoms with Crippen molar-refractivity contribution in [3.05, 3.63) is 46.0 Å². The van der Waals surface area contributed by atoms with E-state index in [0.717, 1.165) is 12.1 Å². The summed E-state index contributed by atoms with van der Waals surface area (Å²) in [6.07, 6.45) is 0.907. The average Bonchev–Trinajstić information content (AvgIpc) is 2.17. The van der Waals surface area contributed by atoms with Crippen LogP contribution in [0, 0.1) is 10.1 Å². The standard InChI is InChI=1S/C9H6ClNO4/c1-2-9(12)15-8-5-6(10)3-4-7(8)11(13)14/h2-5H,1H2. The fourth-order valence-electron chi connectivity index (χ4n) is 0.871. The molecule has 0 aliphatic heterocycles. The quantitative estimate of drug-likeness (QED) is 0.261. The van der Waals surface area contributed by atoms with Gasteiger partial charge in [0.25, 0.3) is 0 Å². The first kappa shape index (κ1) is 11.2. The van der Waals surface area contributed by atoms with Gasteiger partial charge in [-0.25, -0.2) is 4.79 Å². The highest BCUT2D eigenvalue weighted by molar-refractivity contribution is 6.30. The molecule has 0 saturated heterocycles. The van der Waals surface area contributed by atoms with Crippen LogP contribution in [0.3, 0.4) is 0 Å². The van der Waals surface area contributed by atoms with Crippen LogP contribution < -0.4 is 4.74 Å². The highest BCUT2D eigenvalue weighted by Gasteiger charge is 2.17. The first-order valence-corrected chi connectivity index (χ1v) is 4.20.